The van der Waals surface area contributed by atoms with Crippen molar-refractivity contribution in [1.29, 1.82) is 0 Å². The third kappa shape index (κ3) is 1.27. The molecule has 1 aromatic carbocycles. The number of fused-ring (bicyclic) bond motifs is 1. The third-order valence-electron chi connectivity index (χ3n) is 3.90. The molecule has 1 aliphatic carbocycles. The Morgan fingerprint density at radius 1 is 1.36 bits per heavy atom. The van der Waals surface area contributed by atoms with Crippen molar-refractivity contribution in [3.63, 3.8) is 0 Å². The van der Waals surface area contributed by atoms with Gasteiger partial charge in [-0.05, 0) is 43.2 Å². The van der Waals surface area contributed by atoms with E-state index in [1.165, 1.54) is 37.1 Å². The van der Waals surface area contributed by atoms with Crippen molar-refractivity contribution in [3.8, 4) is 0 Å². The van der Waals surface area contributed by atoms with Crippen LogP contribution in [-0.4, -0.2) is 13.1 Å². The van der Waals surface area contributed by atoms with Gasteiger partial charge in [0.05, 0.1) is 0 Å². The van der Waals surface area contributed by atoms with Crippen LogP contribution in [0.2, 0.25) is 0 Å². The van der Waals surface area contributed by atoms with Gasteiger partial charge in [0.2, 0.25) is 0 Å². The van der Waals surface area contributed by atoms with Crippen molar-refractivity contribution in [2.45, 2.75) is 19.8 Å². The highest BCUT2D eigenvalue weighted by Crippen LogP contribution is 2.56. The SMILES string of the molecule is Cc1ccc(CC23CNCC2C3)cc1. The Bertz CT molecular complexity index is 341. The maximum Gasteiger partial charge on any atom is 0.00144 e. The first-order valence-corrected chi connectivity index (χ1v) is 5.55. The van der Waals surface area contributed by atoms with Gasteiger partial charge in [0.25, 0.3) is 0 Å². The van der Waals surface area contributed by atoms with Crippen LogP contribution in [0.15, 0.2) is 24.3 Å². The zero-order valence-electron chi connectivity index (χ0n) is 8.72. The number of piperidine rings is 1. The van der Waals surface area contributed by atoms with Crippen LogP contribution in [0.3, 0.4) is 0 Å². The summed E-state index contributed by atoms with van der Waals surface area (Å²) < 4.78 is 0. The number of hydrogen-bond donors (Lipinski definition) is 1. The maximum atomic E-state index is 3.49. The van der Waals surface area contributed by atoms with Gasteiger partial charge >= 0.3 is 0 Å². The Kier molecular flexibility index (Phi) is 1.72. The monoisotopic (exact) mass is 187 g/mol. The van der Waals surface area contributed by atoms with Crippen LogP contribution >= 0.6 is 0 Å². The average molecular weight is 187 g/mol. The van der Waals surface area contributed by atoms with E-state index in [1.807, 2.05) is 0 Å². The van der Waals surface area contributed by atoms with E-state index < -0.39 is 0 Å². The van der Waals surface area contributed by atoms with Gasteiger partial charge in [-0.15, -0.1) is 0 Å². The van der Waals surface area contributed by atoms with Gasteiger partial charge in [0.15, 0.2) is 0 Å². The van der Waals surface area contributed by atoms with Gasteiger partial charge in [-0.25, -0.2) is 0 Å². The van der Waals surface area contributed by atoms with Crippen LogP contribution in [-0.2, 0) is 6.42 Å². The largest absolute Gasteiger partial charge is 0.316 e. The van der Waals surface area contributed by atoms with E-state index in [4.69, 9.17) is 0 Å². The smallest absolute Gasteiger partial charge is 0.00144 e. The van der Waals surface area contributed by atoms with E-state index in [2.05, 4.69) is 36.5 Å². The molecular formula is C13H17N. The molecule has 3 rings (SSSR count). The second-order valence-electron chi connectivity index (χ2n) is 5.06. The molecule has 1 heteroatoms. The van der Waals surface area contributed by atoms with Gasteiger partial charge in [-0.3, -0.25) is 0 Å². The Labute approximate surface area is 85.5 Å². The molecule has 1 N–H and O–H groups in total. The normalized spacial score (nSPS) is 34.2. The molecule has 0 bridgehead atoms. The lowest BCUT2D eigenvalue weighted by Crippen LogP contribution is -2.17. The van der Waals surface area contributed by atoms with E-state index >= 15 is 0 Å². The van der Waals surface area contributed by atoms with Crippen molar-refractivity contribution < 1.29 is 0 Å². The lowest BCUT2D eigenvalue weighted by molar-refractivity contribution is 0.512. The van der Waals surface area contributed by atoms with E-state index in [0.29, 0.717) is 5.41 Å². The molecule has 0 radical (unpaired) electrons. The van der Waals surface area contributed by atoms with E-state index in [0.717, 1.165) is 5.92 Å². The minimum atomic E-state index is 0.648. The molecule has 0 amide bonds. The average Bonchev–Trinajstić information content (AvgIpc) is 2.72. The van der Waals surface area contributed by atoms with E-state index in [9.17, 15) is 0 Å². The lowest BCUT2D eigenvalue weighted by Gasteiger charge is -2.11. The minimum Gasteiger partial charge on any atom is -0.316 e. The molecule has 2 aliphatic rings. The molecule has 1 saturated carbocycles. The molecule has 74 valence electrons. The summed E-state index contributed by atoms with van der Waals surface area (Å²) in [7, 11) is 0. The first-order chi connectivity index (χ1) is 6.78. The summed E-state index contributed by atoms with van der Waals surface area (Å²) in [4.78, 5) is 0. The second kappa shape index (κ2) is 2.83. The summed E-state index contributed by atoms with van der Waals surface area (Å²) in [5, 5.41) is 3.49. The molecule has 1 nitrogen and oxygen atoms in total. The van der Waals surface area contributed by atoms with Crippen molar-refractivity contribution in [1.82, 2.24) is 5.32 Å². The number of rotatable bonds is 2. The molecule has 1 saturated heterocycles. The molecule has 2 atom stereocenters. The van der Waals surface area contributed by atoms with E-state index in [-0.39, 0.29) is 0 Å². The summed E-state index contributed by atoms with van der Waals surface area (Å²) in [5.74, 6) is 0.976. The number of nitrogens with one attached hydrogen (secondary N) is 1. The van der Waals surface area contributed by atoms with Gasteiger partial charge in [-0.1, -0.05) is 29.8 Å². The van der Waals surface area contributed by atoms with Gasteiger partial charge in [0, 0.05) is 6.54 Å². The highest BCUT2D eigenvalue weighted by Gasteiger charge is 2.56. The van der Waals surface area contributed by atoms with Crippen LogP contribution in [0.4, 0.5) is 0 Å². The van der Waals surface area contributed by atoms with Crippen molar-refractivity contribution >= 4 is 0 Å². The molecule has 2 fully saturated rings. The van der Waals surface area contributed by atoms with Crippen LogP contribution in [0.5, 0.6) is 0 Å². The number of benzene rings is 1. The van der Waals surface area contributed by atoms with Gasteiger partial charge < -0.3 is 5.32 Å². The summed E-state index contributed by atoms with van der Waals surface area (Å²) in [6, 6.07) is 9.03. The fraction of sp³-hybridized carbons (Fsp3) is 0.538. The predicted molar refractivity (Wildman–Crippen MR) is 58.3 cm³/mol. The number of aryl methyl sites for hydroxylation is 1. The summed E-state index contributed by atoms with van der Waals surface area (Å²) in [6.45, 7) is 4.65. The zero-order chi connectivity index (χ0) is 9.60. The summed E-state index contributed by atoms with van der Waals surface area (Å²) >= 11 is 0. The van der Waals surface area contributed by atoms with Crippen molar-refractivity contribution in [3.05, 3.63) is 35.4 Å². The topological polar surface area (TPSA) is 12.0 Å². The second-order valence-corrected chi connectivity index (χ2v) is 5.06. The van der Waals surface area contributed by atoms with Crippen LogP contribution in [0.25, 0.3) is 0 Å². The van der Waals surface area contributed by atoms with E-state index in [1.54, 1.807) is 0 Å². The molecule has 1 heterocycles. The first-order valence-electron chi connectivity index (χ1n) is 5.55. The van der Waals surface area contributed by atoms with Crippen molar-refractivity contribution in [2.24, 2.45) is 11.3 Å². The maximum absolute atomic E-state index is 3.49. The molecule has 14 heavy (non-hydrogen) atoms. The third-order valence-corrected chi connectivity index (χ3v) is 3.90. The fourth-order valence-electron chi connectivity index (χ4n) is 2.82. The lowest BCUT2D eigenvalue weighted by atomic mass is 9.95. The van der Waals surface area contributed by atoms with Gasteiger partial charge in [-0.2, -0.15) is 0 Å². The summed E-state index contributed by atoms with van der Waals surface area (Å²) in [5.41, 5.74) is 3.53. The molecule has 0 aromatic heterocycles. The zero-order valence-corrected chi connectivity index (χ0v) is 8.72. The number of hydrogen-bond acceptors (Lipinski definition) is 1. The summed E-state index contributed by atoms with van der Waals surface area (Å²) in [6.07, 6.45) is 2.73. The van der Waals surface area contributed by atoms with Crippen LogP contribution < -0.4 is 5.32 Å². The Morgan fingerprint density at radius 2 is 2.14 bits per heavy atom. The molecule has 2 unspecified atom stereocenters. The molecule has 0 spiro atoms. The first kappa shape index (κ1) is 8.49. The Morgan fingerprint density at radius 3 is 2.71 bits per heavy atom. The predicted octanol–water partition coefficient (Wildman–Crippen LogP) is 2.15. The fourth-order valence-corrected chi connectivity index (χ4v) is 2.82. The quantitative estimate of drug-likeness (QED) is 0.748. The molecule has 1 aromatic rings. The highest BCUT2D eigenvalue weighted by atomic mass is 15.0. The van der Waals surface area contributed by atoms with Crippen molar-refractivity contribution in [2.75, 3.05) is 13.1 Å². The molecular weight excluding hydrogens is 170 g/mol. The highest BCUT2D eigenvalue weighted by molar-refractivity contribution is 5.25. The molecule has 1 aliphatic heterocycles. The van der Waals surface area contributed by atoms with Crippen LogP contribution in [0, 0.1) is 18.3 Å². The Hall–Kier alpha value is -0.820. The van der Waals surface area contributed by atoms with Crippen LogP contribution in [0.1, 0.15) is 17.5 Å². The Balaban J connectivity index is 1.76. The minimum absolute atomic E-state index is 0.648. The standard InChI is InChI=1S/C13H17N/c1-10-2-4-11(5-3-10)6-13-7-12(13)8-14-9-13/h2-5,12,14H,6-9H2,1H3. The van der Waals surface area contributed by atoms with Gasteiger partial charge in [0.1, 0.15) is 0 Å².